The Balaban J connectivity index is 1.25. The topological polar surface area (TPSA) is 88.2 Å². The van der Waals surface area contributed by atoms with Crippen molar-refractivity contribution >= 4 is 22.0 Å². The van der Waals surface area contributed by atoms with Gasteiger partial charge in [-0.3, -0.25) is 9.69 Å². The minimum atomic E-state index is -3.49. The first-order valence-corrected chi connectivity index (χ1v) is 12.1. The van der Waals surface area contributed by atoms with Gasteiger partial charge in [0.2, 0.25) is 22.7 Å². The number of amides is 1. The summed E-state index contributed by atoms with van der Waals surface area (Å²) in [6.07, 6.45) is 1.60. The highest BCUT2D eigenvalue weighted by Crippen LogP contribution is 2.34. The summed E-state index contributed by atoms with van der Waals surface area (Å²) in [4.78, 5) is 14.5. The molecule has 2 aliphatic heterocycles. The van der Waals surface area contributed by atoms with Crippen LogP contribution in [-0.4, -0.2) is 63.0 Å². The van der Waals surface area contributed by atoms with Crippen LogP contribution in [0.25, 0.3) is 6.08 Å². The quantitative estimate of drug-likeness (QED) is 0.686. The normalized spacial score (nSPS) is 18.0. The average molecular weight is 458 g/mol. The Morgan fingerprint density at radius 1 is 1.06 bits per heavy atom. The van der Waals surface area contributed by atoms with Crippen LogP contribution in [0, 0.1) is 0 Å². The number of hydrogen-bond donors (Lipinski definition) is 1. The lowest BCUT2D eigenvalue weighted by Gasteiger charge is -2.33. The lowest BCUT2D eigenvalue weighted by Crippen LogP contribution is -2.50. The molecule has 0 saturated carbocycles. The van der Waals surface area contributed by atoms with Gasteiger partial charge in [0, 0.05) is 31.6 Å². The van der Waals surface area contributed by atoms with Crippen LogP contribution in [0.3, 0.4) is 0 Å². The molecule has 2 heterocycles. The summed E-state index contributed by atoms with van der Waals surface area (Å²) in [5, 5.41) is 4.24. The number of sulfonamides is 1. The van der Waals surface area contributed by atoms with Crippen molar-refractivity contribution in [2.24, 2.45) is 0 Å². The van der Waals surface area contributed by atoms with E-state index in [1.54, 1.807) is 6.08 Å². The Labute approximate surface area is 188 Å². The molecule has 2 aromatic rings. The first kappa shape index (κ1) is 22.3. The van der Waals surface area contributed by atoms with E-state index in [1.807, 2.05) is 60.4 Å². The monoisotopic (exact) mass is 457 g/mol. The molecule has 32 heavy (non-hydrogen) atoms. The van der Waals surface area contributed by atoms with Crippen LogP contribution >= 0.6 is 0 Å². The lowest BCUT2D eigenvalue weighted by atomic mass is 10.1. The van der Waals surface area contributed by atoms with Gasteiger partial charge in [-0.1, -0.05) is 36.4 Å². The molecule has 0 aromatic heterocycles. The number of piperazine rings is 1. The average Bonchev–Trinajstić information content (AvgIpc) is 3.27. The second-order valence-corrected chi connectivity index (χ2v) is 9.65. The first-order valence-electron chi connectivity index (χ1n) is 10.6. The molecule has 2 aromatic carbocycles. The van der Waals surface area contributed by atoms with Gasteiger partial charge >= 0.3 is 0 Å². The van der Waals surface area contributed by atoms with Crippen molar-refractivity contribution in [2.75, 3.05) is 39.5 Å². The fourth-order valence-corrected chi connectivity index (χ4v) is 4.89. The second-order valence-electron chi connectivity index (χ2n) is 7.84. The predicted octanol–water partition coefficient (Wildman–Crippen LogP) is 2.21. The molecule has 0 aliphatic carbocycles. The molecule has 8 nitrogen and oxygen atoms in total. The largest absolute Gasteiger partial charge is 0.454 e. The van der Waals surface area contributed by atoms with Crippen molar-refractivity contribution in [3.63, 3.8) is 0 Å². The van der Waals surface area contributed by atoms with Crippen LogP contribution < -0.4 is 14.8 Å². The first-order chi connectivity index (χ1) is 15.4. The molecule has 9 heteroatoms. The maximum atomic E-state index is 12.6. The van der Waals surface area contributed by atoms with E-state index in [2.05, 4.69) is 5.32 Å². The van der Waals surface area contributed by atoms with Crippen molar-refractivity contribution in [1.29, 1.82) is 0 Å². The molecule has 2 aliphatic rings. The fourth-order valence-electron chi connectivity index (χ4n) is 3.71. The number of fused-ring (bicyclic) bond motifs is 1. The minimum absolute atomic E-state index is 0.101. The van der Waals surface area contributed by atoms with E-state index in [0.29, 0.717) is 37.7 Å². The molecule has 1 atom stereocenters. The van der Waals surface area contributed by atoms with Gasteiger partial charge in [-0.05, 0) is 36.3 Å². The van der Waals surface area contributed by atoms with E-state index in [9.17, 15) is 13.2 Å². The van der Waals surface area contributed by atoms with Crippen molar-refractivity contribution in [3.8, 4) is 11.5 Å². The number of carbonyl (C=O) groups is 1. The third kappa shape index (κ3) is 5.48. The Kier molecular flexibility index (Phi) is 6.78. The van der Waals surface area contributed by atoms with E-state index < -0.39 is 10.0 Å². The SMILES string of the molecule is CC(NC(=O)CN1CCN(S(=O)(=O)/C=C/c2ccccc2)CC1)c1ccc2c(c1)OCO2. The van der Waals surface area contributed by atoms with Gasteiger partial charge in [-0.25, -0.2) is 8.42 Å². The van der Waals surface area contributed by atoms with Crippen molar-refractivity contribution in [1.82, 2.24) is 14.5 Å². The minimum Gasteiger partial charge on any atom is -0.454 e. The van der Waals surface area contributed by atoms with Gasteiger partial charge in [-0.2, -0.15) is 4.31 Å². The highest BCUT2D eigenvalue weighted by atomic mass is 32.2. The number of ether oxygens (including phenoxy) is 2. The van der Waals surface area contributed by atoms with Gasteiger partial charge < -0.3 is 14.8 Å². The zero-order valence-corrected chi connectivity index (χ0v) is 18.8. The molecule has 1 unspecified atom stereocenters. The number of nitrogens with zero attached hydrogens (tertiary/aromatic N) is 2. The van der Waals surface area contributed by atoms with Gasteiger partial charge in [0.25, 0.3) is 0 Å². The molecular formula is C23H27N3O5S. The summed E-state index contributed by atoms with van der Waals surface area (Å²) in [5.74, 6) is 1.29. The Hall–Kier alpha value is -2.88. The third-order valence-electron chi connectivity index (χ3n) is 5.56. The van der Waals surface area contributed by atoms with Crippen LogP contribution in [-0.2, 0) is 14.8 Å². The summed E-state index contributed by atoms with van der Waals surface area (Å²) in [5.41, 5.74) is 1.77. The maximum absolute atomic E-state index is 12.6. The molecule has 1 fully saturated rings. The van der Waals surface area contributed by atoms with E-state index in [4.69, 9.17) is 9.47 Å². The zero-order valence-electron chi connectivity index (χ0n) is 17.9. The van der Waals surface area contributed by atoms with Gasteiger partial charge in [0.05, 0.1) is 12.6 Å². The van der Waals surface area contributed by atoms with E-state index in [-0.39, 0.29) is 25.3 Å². The molecule has 0 spiro atoms. The highest BCUT2D eigenvalue weighted by molar-refractivity contribution is 7.92. The molecule has 0 bridgehead atoms. The predicted molar refractivity (Wildman–Crippen MR) is 122 cm³/mol. The van der Waals surface area contributed by atoms with Crippen LogP contribution in [0.5, 0.6) is 11.5 Å². The molecule has 1 amide bonds. The number of rotatable bonds is 7. The molecule has 170 valence electrons. The van der Waals surface area contributed by atoms with Gasteiger partial charge in [-0.15, -0.1) is 0 Å². The summed E-state index contributed by atoms with van der Waals surface area (Å²) in [7, 11) is -3.49. The zero-order chi connectivity index (χ0) is 22.6. The number of nitrogens with one attached hydrogen (secondary N) is 1. The molecule has 1 N–H and O–H groups in total. The molecule has 1 saturated heterocycles. The summed E-state index contributed by atoms with van der Waals surface area (Å²) >= 11 is 0. The summed E-state index contributed by atoms with van der Waals surface area (Å²) < 4.78 is 37.4. The molecular weight excluding hydrogens is 430 g/mol. The van der Waals surface area contributed by atoms with Crippen molar-refractivity contribution < 1.29 is 22.7 Å². The number of hydrogen-bond acceptors (Lipinski definition) is 6. The fraction of sp³-hybridized carbons (Fsp3) is 0.348. The van der Waals surface area contributed by atoms with Crippen LogP contribution in [0.1, 0.15) is 24.1 Å². The van der Waals surface area contributed by atoms with E-state index in [1.165, 1.54) is 9.71 Å². The van der Waals surface area contributed by atoms with Crippen LogP contribution in [0.4, 0.5) is 0 Å². The Morgan fingerprint density at radius 3 is 2.53 bits per heavy atom. The smallest absolute Gasteiger partial charge is 0.236 e. The number of benzene rings is 2. The summed E-state index contributed by atoms with van der Waals surface area (Å²) in [6.45, 7) is 4.07. The summed E-state index contributed by atoms with van der Waals surface area (Å²) in [6, 6.07) is 14.8. The standard InChI is InChI=1S/C23H27N3O5S/c1-18(20-7-8-21-22(15-20)31-17-30-21)24-23(27)16-25-10-12-26(13-11-25)32(28,29)14-9-19-5-3-2-4-6-19/h2-9,14-15,18H,10-13,16-17H2,1H3,(H,24,27)/b14-9+. The van der Waals surface area contributed by atoms with E-state index in [0.717, 1.165) is 11.1 Å². The third-order valence-corrected chi connectivity index (χ3v) is 7.13. The number of carbonyl (C=O) groups excluding carboxylic acids is 1. The lowest BCUT2D eigenvalue weighted by molar-refractivity contribution is -0.123. The Morgan fingerprint density at radius 2 is 1.78 bits per heavy atom. The van der Waals surface area contributed by atoms with Crippen LogP contribution in [0.2, 0.25) is 0 Å². The van der Waals surface area contributed by atoms with Gasteiger partial charge in [0.15, 0.2) is 11.5 Å². The van der Waals surface area contributed by atoms with E-state index >= 15 is 0 Å². The molecule has 4 rings (SSSR count). The molecule has 0 radical (unpaired) electrons. The Bertz CT molecular complexity index is 1080. The van der Waals surface area contributed by atoms with Crippen molar-refractivity contribution in [2.45, 2.75) is 13.0 Å². The second kappa shape index (κ2) is 9.72. The van der Waals surface area contributed by atoms with Crippen molar-refractivity contribution in [3.05, 3.63) is 65.1 Å². The van der Waals surface area contributed by atoms with Gasteiger partial charge in [0.1, 0.15) is 0 Å². The highest BCUT2D eigenvalue weighted by Gasteiger charge is 2.26. The van der Waals surface area contributed by atoms with Crippen LogP contribution in [0.15, 0.2) is 53.9 Å². The maximum Gasteiger partial charge on any atom is 0.236 e.